The molecule has 0 spiro atoms. The summed E-state index contributed by atoms with van der Waals surface area (Å²) in [6.45, 7) is 2.29. The number of piperazine rings is 1. The van der Waals surface area contributed by atoms with E-state index in [1.165, 1.54) is 4.31 Å². The van der Waals surface area contributed by atoms with Crippen LogP contribution in [0.25, 0.3) is 0 Å². The number of nitrogens with zero attached hydrogens (tertiary/aromatic N) is 2. The molecule has 2 aromatic rings. The molecule has 8 heteroatoms. The van der Waals surface area contributed by atoms with Gasteiger partial charge in [0.25, 0.3) is 10.2 Å². The van der Waals surface area contributed by atoms with Crippen molar-refractivity contribution in [3.63, 3.8) is 0 Å². The summed E-state index contributed by atoms with van der Waals surface area (Å²) in [7, 11) is -2.21. The highest BCUT2D eigenvalue weighted by atomic mass is 32.2. The highest BCUT2D eigenvalue weighted by Crippen LogP contribution is 2.25. The monoisotopic (exact) mass is 389 g/mol. The van der Waals surface area contributed by atoms with E-state index in [1.807, 2.05) is 36.4 Å². The molecule has 1 fully saturated rings. The molecule has 144 valence electrons. The summed E-state index contributed by atoms with van der Waals surface area (Å²) in [5.74, 6) is 0.382. The van der Waals surface area contributed by atoms with Crippen molar-refractivity contribution in [3.05, 3.63) is 60.2 Å². The smallest absolute Gasteiger partial charge is 0.280 e. The number of anilines is 1. The van der Waals surface area contributed by atoms with Crippen molar-refractivity contribution in [2.75, 3.05) is 25.1 Å². The summed E-state index contributed by atoms with van der Waals surface area (Å²) < 4.78 is 34.4. The van der Waals surface area contributed by atoms with Crippen LogP contribution in [-0.2, 0) is 21.5 Å². The summed E-state index contributed by atoms with van der Waals surface area (Å²) in [5, 5.41) is 0. The molecule has 1 aliphatic heterocycles. The van der Waals surface area contributed by atoms with Crippen LogP contribution in [0.15, 0.2) is 54.6 Å². The van der Waals surface area contributed by atoms with Crippen LogP contribution in [0.3, 0.4) is 0 Å². The summed E-state index contributed by atoms with van der Waals surface area (Å²) in [4.78, 5) is 14.4. The van der Waals surface area contributed by atoms with Gasteiger partial charge in [0.2, 0.25) is 5.91 Å². The Kier molecular flexibility index (Phi) is 5.79. The second-order valence-electron chi connectivity index (χ2n) is 6.29. The number of benzene rings is 2. The van der Waals surface area contributed by atoms with Crippen LogP contribution in [0.5, 0.6) is 5.75 Å². The fraction of sp³-hybridized carbons (Fsp3) is 0.316. The lowest BCUT2D eigenvalue weighted by Crippen LogP contribution is -2.59. The third-order valence-electron chi connectivity index (χ3n) is 4.57. The molecule has 27 heavy (non-hydrogen) atoms. The van der Waals surface area contributed by atoms with Gasteiger partial charge < -0.3 is 9.64 Å². The van der Waals surface area contributed by atoms with Crippen molar-refractivity contribution < 1.29 is 17.9 Å². The van der Waals surface area contributed by atoms with Crippen molar-refractivity contribution in [2.45, 2.75) is 19.5 Å². The number of ether oxygens (including phenoxy) is 1. The largest absolute Gasteiger partial charge is 0.497 e. The molecule has 0 radical (unpaired) electrons. The zero-order valence-corrected chi connectivity index (χ0v) is 16.1. The topological polar surface area (TPSA) is 79.0 Å². The minimum atomic E-state index is -3.77. The van der Waals surface area contributed by atoms with Gasteiger partial charge in [-0.05, 0) is 24.6 Å². The van der Waals surface area contributed by atoms with Gasteiger partial charge in [-0.25, -0.2) is 0 Å². The molecule has 1 aliphatic rings. The van der Waals surface area contributed by atoms with E-state index in [0.29, 0.717) is 11.4 Å². The van der Waals surface area contributed by atoms with Gasteiger partial charge >= 0.3 is 0 Å². The van der Waals surface area contributed by atoms with E-state index < -0.39 is 16.3 Å². The van der Waals surface area contributed by atoms with Crippen LogP contribution in [0, 0.1) is 0 Å². The maximum atomic E-state index is 12.8. The number of amides is 1. The molecule has 2 aromatic carbocycles. The molecule has 1 amide bonds. The van der Waals surface area contributed by atoms with Crippen LogP contribution in [0.4, 0.5) is 5.69 Å². The van der Waals surface area contributed by atoms with Gasteiger partial charge in [0.1, 0.15) is 11.8 Å². The average Bonchev–Trinajstić information content (AvgIpc) is 2.69. The SMILES string of the molecule is COc1cccc(N2CCN(S(=O)(=O)NCc3ccccc3)[C@H](C)C2=O)c1. The number of hydrogen-bond donors (Lipinski definition) is 1. The second kappa shape index (κ2) is 8.08. The number of carbonyl (C=O) groups is 1. The Morgan fingerprint density at radius 3 is 2.56 bits per heavy atom. The number of carbonyl (C=O) groups excluding carboxylic acids is 1. The lowest BCUT2D eigenvalue weighted by Gasteiger charge is -2.38. The average molecular weight is 389 g/mol. The van der Waals surface area contributed by atoms with E-state index >= 15 is 0 Å². The summed E-state index contributed by atoms with van der Waals surface area (Å²) >= 11 is 0. The van der Waals surface area contributed by atoms with Gasteiger partial charge in [-0.2, -0.15) is 17.4 Å². The van der Waals surface area contributed by atoms with Gasteiger partial charge in [-0.1, -0.05) is 36.4 Å². The Morgan fingerprint density at radius 2 is 1.85 bits per heavy atom. The Balaban J connectivity index is 1.71. The van der Waals surface area contributed by atoms with Crippen molar-refractivity contribution in [2.24, 2.45) is 0 Å². The van der Waals surface area contributed by atoms with Crippen LogP contribution in [0.2, 0.25) is 0 Å². The molecule has 0 aromatic heterocycles. The van der Waals surface area contributed by atoms with Crippen molar-refractivity contribution in [1.82, 2.24) is 9.03 Å². The molecule has 1 saturated heterocycles. The predicted octanol–water partition coefficient (Wildman–Crippen LogP) is 1.77. The van der Waals surface area contributed by atoms with Gasteiger partial charge in [0, 0.05) is 31.4 Å². The lowest BCUT2D eigenvalue weighted by atomic mass is 10.2. The Bertz CT molecular complexity index is 902. The van der Waals surface area contributed by atoms with Crippen LogP contribution in [-0.4, -0.2) is 44.9 Å². The maximum Gasteiger partial charge on any atom is 0.280 e. The van der Waals surface area contributed by atoms with Crippen molar-refractivity contribution in [3.8, 4) is 5.75 Å². The van der Waals surface area contributed by atoms with E-state index in [9.17, 15) is 13.2 Å². The highest BCUT2D eigenvalue weighted by Gasteiger charge is 2.38. The molecule has 0 bridgehead atoms. The molecule has 1 atom stereocenters. The Labute approximate surface area is 159 Å². The fourth-order valence-electron chi connectivity index (χ4n) is 3.07. The number of rotatable bonds is 6. The molecule has 7 nitrogen and oxygen atoms in total. The first-order valence-electron chi connectivity index (χ1n) is 8.68. The number of nitrogens with one attached hydrogen (secondary N) is 1. The second-order valence-corrected chi connectivity index (χ2v) is 8.00. The molecule has 0 saturated carbocycles. The molecule has 1 heterocycles. The normalized spacial score (nSPS) is 18.5. The molecule has 3 rings (SSSR count). The van der Waals surface area contributed by atoms with Gasteiger partial charge in [0.05, 0.1) is 7.11 Å². The Morgan fingerprint density at radius 1 is 1.11 bits per heavy atom. The molecule has 0 aliphatic carbocycles. The zero-order valence-electron chi connectivity index (χ0n) is 15.3. The summed E-state index contributed by atoms with van der Waals surface area (Å²) in [5.41, 5.74) is 1.55. The highest BCUT2D eigenvalue weighted by molar-refractivity contribution is 7.87. The molecule has 1 N–H and O–H groups in total. The van der Waals surface area contributed by atoms with Crippen LogP contribution in [0.1, 0.15) is 12.5 Å². The molecular weight excluding hydrogens is 366 g/mol. The summed E-state index contributed by atoms with van der Waals surface area (Å²) in [6, 6.07) is 15.6. The van der Waals surface area contributed by atoms with Crippen LogP contribution < -0.4 is 14.4 Å². The first-order valence-corrected chi connectivity index (χ1v) is 10.1. The van der Waals surface area contributed by atoms with Gasteiger partial charge in [-0.15, -0.1) is 0 Å². The minimum Gasteiger partial charge on any atom is -0.497 e. The summed E-state index contributed by atoms with van der Waals surface area (Å²) in [6.07, 6.45) is 0. The van der Waals surface area contributed by atoms with E-state index in [0.717, 1.165) is 5.56 Å². The quantitative estimate of drug-likeness (QED) is 0.817. The number of methoxy groups -OCH3 is 1. The third kappa shape index (κ3) is 4.29. The van der Waals surface area contributed by atoms with Crippen molar-refractivity contribution in [1.29, 1.82) is 0 Å². The van der Waals surface area contributed by atoms with E-state index in [4.69, 9.17) is 4.74 Å². The fourth-order valence-corrected chi connectivity index (χ4v) is 4.41. The van der Waals surface area contributed by atoms with E-state index in [1.54, 1.807) is 37.1 Å². The number of hydrogen-bond acceptors (Lipinski definition) is 4. The molecule has 0 unspecified atom stereocenters. The van der Waals surface area contributed by atoms with E-state index in [-0.39, 0.29) is 25.5 Å². The zero-order chi connectivity index (χ0) is 19.4. The Hall–Kier alpha value is -2.42. The first-order chi connectivity index (χ1) is 12.9. The predicted molar refractivity (Wildman–Crippen MR) is 104 cm³/mol. The third-order valence-corrected chi connectivity index (χ3v) is 6.20. The standard InChI is InChI=1S/C19H23N3O4S/c1-15-19(23)21(17-9-6-10-18(13-17)26-2)11-12-22(15)27(24,25)20-14-16-7-4-3-5-8-16/h3-10,13,15,20H,11-12,14H2,1-2H3/t15-/m1/s1. The van der Waals surface area contributed by atoms with Gasteiger partial charge in [0.15, 0.2) is 0 Å². The van der Waals surface area contributed by atoms with Crippen LogP contribution >= 0.6 is 0 Å². The first kappa shape index (κ1) is 19.3. The lowest BCUT2D eigenvalue weighted by molar-refractivity contribution is -0.123. The van der Waals surface area contributed by atoms with E-state index in [2.05, 4.69) is 4.72 Å². The maximum absolute atomic E-state index is 12.8. The van der Waals surface area contributed by atoms with Crippen molar-refractivity contribution >= 4 is 21.8 Å². The molecular formula is C19H23N3O4S. The minimum absolute atomic E-state index is 0.181. The van der Waals surface area contributed by atoms with Gasteiger partial charge in [-0.3, -0.25) is 4.79 Å².